The summed E-state index contributed by atoms with van der Waals surface area (Å²) >= 11 is 0. The Morgan fingerprint density at radius 3 is 2.43 bits per heavy atom. The average molecular weight is 468 g/mol. The number of carbonyl (C=O) groups is 2. The van der Waals surface area contributed by atoms with E-state index in [1.54, 1.807) is 6.07 Å². The zero-order valence-electron chi connectivity index (χ0n) is 20.2. The Bertz CT molecular complexity index is 1380. The molecule has 0 radical (unpaired) electrons. The number of fused-ring (bicyclic) bond motifs is 1. The predicted molar refractivity (Wildman–Crippen MR) is 138 cm³/mol. The van der Waals surface area contributed by atoms with Crippen LogP contribution in [0.2, 0.25) is 0 Å². The fourth-order valence-corrected chi connectivity index (χ4v) is 4.07. The summed E-state index contributed by atoms with van der Waals surface area (Å²) in [6, 6.07) is 20.8. The van der Waals surface area contributed by atoms with Gasteiger partial charge in [0.2, 0.25) is 5.91 Å². The number of hydrogen-bond donors (Lipinski definition) is 2. The summed E-state index contributed by atoms with van der Waals surface area (Å²) < 4.78 is 5.48. The Labute approximate surface area is 205 Å². The molecule has 0 aliphatic rings. The number of hydrogen-bond acceptors (Lipinski definition) is 5. The van der Waals surface area contributed by atoms with Crippen LogP contribution in [0.3, 0.4) is 0 Å². The number of amides is 1. The van der Waals surface area contributed by atoms with E-state index in [0.29, 0.717) is 11.3 Å². The summed E-state index contributed by atoms with van der Waals surface area (Å²) in [5.41, 5.74) is 11.8. The van der Waals surface area contributed by atoms with Gasteiger partial charge in [0.1, 0.15) is 6.61 Å². The highest BCUT2D eigenvalue weighted by Gasteiger charge is 2.19. The van der Waals surface area contributed by atoms with Crippen LogP contribution in [-0.2, 0) is 16.1 Å². The fourth-order valence-electron chi connectivity index (χ4n) is 4.07. The van der Waals surface area contributed by atoms with E-state index >= 15 is 0 Å². The quantitative estimate of drug-likeness (QED) is 0.365. The van der Waals surface area contributed by atoms with Crippen molar-refractivity contribution in [1.82, 2.24) is 4.98 Å². The molecule has 0 fully saturated rings. The molecule has 4 aromatic rings. The molecule has 0 saturated heterocycles. The number of esters is 1. The third-order valence-corrected chi connectivity index (χ3v) is 6.03. The van der Waals surface area contributed by atoms with E-state index in [2.05, 4.69) is 10.3 Å². The van der Waals surface area contributed by atoms with Crippen LogP contribution in [0.5, 0.6) is 0 Å². The van der Waals surface area contributed by atoms with Crippen LogP contribution in [0.25, 0.3) is 10.8 Å². The van der Waals surface area contributed by atoms with E-state index < -0.39 is 5.92 Å². The largest absolute Gasteiger partial charge is 0.457 e. The normalized spacial score (nSPS) is 11.8. The smallest absolute Gasteiger partial charge is 0.338 e. The van der Waals surface area contributed by atoms with Gasteiger partial charge in [-0.1, -0.05) is 48.0 Å². The highest BCUT2D eigenvalue weighted by atomic mass is 16.5. The molecule has 6 nitrogen and oxygen atoms in total. The van der Waals surface area contributed by atoms with E-state index in [9.17, 15) is 9.59 Å². The van der Waals surface area contributed by atoms with Crippen LogP contribution >= 0.6 is 0 Å². The first-order chi connectivity index (χ1) is 16.8. The van der Waals surface area contributed by atoms with E-state index in [0.717, 1.165) is 38.7 Å². The lowest BCUT2D eigenvalue weighted by atomic mass is 9.97. The molecule has 0 saturated carbocycles. The molecule has 1 heterocycles. The molecule has 4 rings (SSSR count). The number of nitrogens with one attached hydrogen (secondary N) is 1. The predicted octanol–water partition coefficient (Wildman–Crippen LogP) is 5.20. The van der Waals surface area contributed by atoms with E-state index in [-0.39, 0.29) is 25.0 Å². The molecule has 3 aromatic carbocycles. The third kappa shape index (κ3) is 5.73. The number of benzene rings is 3. The van der Waals surface area contributed by atoms with Gasteiger partial charge in [0.15, 0.2) is 0 Å². The van der Waals surface area contributed by atoms with Crippen molar-refractivity contribution in [3.63, 3.8) is 0 Å². The van der Waals surface area contributed by atoms with Crippen molar-refractivity contribution in [1.29, 1.82) is 0 Å². The van der Waals surface area contributed by atoms with Crippen molar-refractivity contribution in [2.75, 3.05) is 11.9 Å². The SMILES string of the molecule is Cc1ccc(C(=O)OCc2ccc([C@@H](CN)C(=O)Nc3ccc4cnc(C)cc4c3)cc2)c(C)c1. The van der Waals surface area contributed by atoms with Crippen molar-refractivity contribution in [3.05, 3.63) is 106 Å². The van der Waals surface area contributed by atoms with Crippen molar-refractivity contribution in [3.8, 4) is 0 Å². The van der Waals surface area contributed by atoms with E-state index in [1.165, 1.54) is 0 Å². The number of nitrogens with two attached hydrogens (primary N) is 1. The number of carbonyl (C=O) groups excluding carboxylic acids is 2. The molecule has 0 unspecified atom stereocenters. The number of aryl methyl sites for hydroxylation is 3. The zero-order valence-corrected chi connectivity index (χ0v) is 20.2. The molecule has 1 aromatic heterocycles. The maximum absolute atomic E-state index is 13.0. The molecule has 0 aliphatic carbocycles. The minimum atomic E-state index is -0.503. The Kier molecular flexibility index (Phi) is 7.22. The van der Waals surface area contributed by atoms with Gasteiger partial charge in [-0.3, -0.25) is 9.78 Å². The molecule has 0 aliphatic heterocycles. The Balaban J connectivity index is 1.40. The number of aromatic nitrogens is 1. The molecular formula is C29H29N3O3. The van der Waals surface area contributed by atoms with Crippen LogP contribution in [-0.4, -0.2) is 23.4 Å². The van der Waals surface area contributed by atoms with E-state index in [1.807, 2.05) is 87.6 Å². The number of ether oxygens (including phenoxy) is 1. The van der Waals surface area contributed by atoms with Crippen LogP contribution in [0.1, 0.15) is 44.2 Å². The second-order valence-electron chi connectivity index (χ2n) is 8.80. The fraction of sp³-hybridized carbons (Fsp3) is 0.207. The Morgan fingerprint density at radius 2 is 1.71 bits per heavy atom. The Morgan fingerprint density at radius 1 is 0.943 bits per heavy atom. The van der Waals surface area contributed by atoms with Crippen LogP contribution in [0, 0.1) is 20.8 Å². The van der Waals surface area contributed by atoms with Gasteiger partial charge in [-0.05, 0) is 67.1 Å². The minimum absolute atomic E-state index is 0.150. The van der Waals surface area contributed by atoms with Crippen molar-refractivity contribution in [2.45, 2.75) is 33.3 Å². The summed E-state index contributed by atoms with van der Waals surface area (Å²) in [4.78, 5) is 29.7. The van der Waals surface area contributed by atoms with Crippen LogP contribution in [0.15, 0.2) is 72.9 Å². The number of pyridine rings is 1. The minimum Gasteiger partial charge on any atom is -0.457 e. The molecule has 1 atom stereocenters. The first-order valence-electron chi connectivity index (χ1n) is 11.5. The lowest BCUT2D eigenvalue weighted by Crippen LogP contribution is -2.27. The second kappa shape index (κ2) is 10.5. The average Bonchev–Trinajstić information content (AvgIpc) is 2.83. The molecule has 0 spiro atoms. The molecular weight excluding hydrogens is 438 g/mol. The van der Waals surface area contributed by atoms with Gasteiger partial charge in [-0.2, -0.15) is 0 Å². The van der Waals surface area contributed by atoms with Crippen molar-refractivity contribution in [2.24, 2.45) is 5.73 Å². The van der Waals surface area contributed by atoms with Gasteiger partial charge in [-0.25, -0.2) is 4.79 Å². The number of anilines is 1. The molecule has 6 heteroatoms. The molecule has 0 bridgehead atoms. The molecule has 35 heavy (non-hydrogen) atoms. The third-order valence-electron chi connectivity index (χ3n) is 6.03. The van der Waals surface area contributed by atoms with Crippen LogP contribution in [0.4, 0.5) is 5.69 Å². The van der Waals surface area contributed by atoms with Gasteiger partial charge in [0.25, 0.3) is 0 Å². The summed E-state index contributed by atoms with van der Waals surface area (Å²) in [5, 5.41) is 5.00. The maximum Gasteiger partial charge on any atom is 0.338 e. The summed E-state index contributed by atoms with van der Waals surface area (Å²) in [5.74, 6) is -1.03. The monoisotopic (exact) mass is 467 g/mol. The topological polar surface area (TPSA) is 94.3 Å². The lowest BCUT2D eigenvalue weighted by molar-refractivity contribution is -0.117. The highest BCUT2D eigenvalue weighted by Crippen LogP contribution is 2.23. The molecule has 3 N–H and O–H groups in total. The van der Waals surface area contributed by atoms with Crippen LogP contribution < -0.4 is 11.1 Å². The summed E-state index contributed by atoms with van der Waals surface area (Å²) in [7, 11) is 0. The number of nitrogens with zero attached hydrogens (tertiary/aromatic N) is 1. The molecule has 1 amide bonds. The first-order valence-corrected chi connectivity index (χ1v) is 11.5. The van der Waals surface area contributed by atoms with Gasteiger partial charge in [-0.15, -0.1) is 0 Å². The highest BCUT2D eigenvalue weighted by molar-refractivity contribution is 5.98. The van der Waals surface area contributed by atoms with Gasteiger partial charge in [0.05, 0.1) is 11.5 Å². The Hall–Kier alpha value is -4.03. The first kappa shape index (κ1) is 24.1. The van der Waals surface area contributed by atoms with Gasteiger partial charge >= 0.3 is 5.97 Å². The van der Waals surface area contributed by atoms with Gasteiger partial charge < -0.3 is 15.8 Å². The zero-order chi connectivity index (χ0) is 24.9. The van der Waals surface area contributed by atoms with E-state index in [4.69, 9.17) is 10.5 Å². The lowest BCUT2D eigenvalue weighted by Gasteiger charge is -2.16. The van der Waals surface area contributed by atoms with Crippen molar-refractivity contribution < 1.29 is 14.3 Å². The molecule has 178 valence electrons. The number of rotatable bonds is 7. The second-order valence-corrected chi connectivity index (χ2v) is 8.80. The summed E-state index contributed by atoms with van der Waals surface area (Å²) in [6.07, 6.45) is 1.82. The standard InChI is InChI=1S/C29H29N3O3/c1-18-4-11-26(19(2)12-18)29(34)35-17-21-5-7-22(8-6-21)27(15-30)28(33)32-25-10-9-23-16-31-20(3)13-24(23)14-25/h4-14,16,27H,15,17,30H2,1-3H3,(H,32,33)/t27-/m1/s1. The summed E-state index contributed by atoms with van der Waals surface area (Å²) in [6.45, 7) is 6.13. The van der Waals surface area contributed by atoms with Gasteiger partial charge in [0, 0.05) is 29.5 Å². The van der Waals surface area contributed by atoms with Crippen molar-refractivity contribution >= 4 is 28.3 Å². The maximum atomic E-state index is 13.0.